The second kappa shape index (κ2) is 8.36. The van der Waals surface area contributed by atoms with Gasteiger partial charge in [-0.05, 0) is 53.3 Å². The molecule has 0 aliphatic carbocycles. The summed E-state index contributed by atoms with van der Waals surface area (Å²) >= 11 is 7.30. The van der Waals surface area contributed by atoms with Gasteiger partial charge in [-0.25, -0.2) is 9.78 Å². The maximum absolute atomic E-state index is 11.2. The highest BCUT2D eigenvalue weighted by molar-refractivity contribution is 7.20. The van der Waals surface area contributed by atoms with Crippen molar-refractivity contribution in [2.24, 2.45) is 0 Å². The van der Waals surface area contributed by atoms with E-state index in [-0.39, 0.29) is 0 Å². The molecule has 0 unspecified atom stereocenters. The van der Waals surface area contributed by atoms with E-state index in [1.807, 2.05) is 54.6 Å². The normalized spacial score (nSPS) is 10.3. The summed E-state index contributed by atoms with van der Waals surface area (Å²) in [6.07, 6.45) is 1.07. The lowest BCUT2D eigenvalue weighted by Crippen LogP contribution is -2.05. The number of carbonyl (C=O) groups excluding carboxylic acids is 1. The van der Waals surface area contributed by atoms with Gasteiger partial charge in [0.25, 0.3) is 0 Å². The van der Waals surface area contributed by atoms with Gasteiger partial charge >= 0.3 is 6.16 Å². The molecule has 0 radical (unpaired) electrons. The van der Waals surface area contributed by atoms with Gasteiger partial charge in [-0.15, -0.1) is 0 Å². The van der Waals surface area contributed by atoms with E-state index < -0.39 is 6.16 Å². The topological polar surface area (TPSA) is 48.4 Å². The number of carbonyl (C=O) groups is 1. The van der Waals surface area contributed by atoms with Crippen molar-refractivity contribution in [2.45, 2.75) is 0 Å². The molecular weight excluding hydrogens is 406 g/mol. The molecule has 0 saturated carbocycles. The summed E-state index contributed by atoms with van der Waals surface area (Å²) in [5.74, 6) is 6.20. The Balaban J connectivity index is 1.52. The first-order valence-corrected chi connectivity index (χ1v) is 9.83. The van der Waals surface area contributed by atoms with Crippen LogP contribution in [0.5, 0.6) is 5.06 Å². The Labute approximate surface area is 176 Å². The van der Waals surface area contributed by atoms with Crippen LogP contribution in [0.4, 0.5) is 4.79 Å². The molecule has 0 fully saturated rings. The zero-order valence-electron chi connectivity index (χ0n) is 15.3. The van der Waals surface area contributed by atoms with Crippen LogP contribution >= 0.6 is 22.9 Å². The van der Waals surface area contributed by atoms with E-state index in [0.29, 0.717) is 15.8 Å². The van der Waals surface area contributed by atoms with Crippen LogP contribution in [0.1, 0.15) is 11.3 Å². The molecule has 0 atom stereocenters. The Morgan fingerprint density at radius 1 is 1.00 bits per heavy atom. The fourth-order valence-corrected chi connectivity index (χ4v) is 3.70. The highest BCUT2D eigenvalue weighted by Gasteiger charge is 2.08. The van der Waals surface area contributed by atoms with Crippen molar-refractivity contribution in [1.29, 1.82) is 0 Å². The van der Waals surface area contributed by atoms with Crippen LogP contribution in [-0.4, -0.2) is 18.2 Å². The largest absolute Gasteiger partial charge is 0.514 e. The molecule has 0 spiro atoms. The second-order valence-electron chi connectivity index (χ2n) is 6.06. The average Bonchev–Trinajstić information content (AvgIpc) is 3.14. The van der Waals surface area contributed by atoms with E-state index >= 15 is 0 Å². The molecule has 0 saturated heterocycles. The first kappa shape index (κ1) is 19.0. The number of aromatic nitrogens is 1. The Morgan fingerprint density at radius 3 is 2.52 bits per heavy atom. The molecule has 2 aromatic carbocycles. The van der Waals surface area contributed by atoms with Crippen LogP contribution in [0.15, 0.2) is 66.9 Å². The molecule has 6 heteroatoms. The maximum atomic E-state index is 11.2. The lowest BCUT2D eigenvalue weighted by Gasteiger charge is -2.01. The summed E-state index contributed by atoms with van der Waals surface area (Å²) in [7, 11) is 1.28. The number of hydrogen-bond donors (Lipinski definition) is 0. The predicted molar refractivity (Wildman–Crippen MR) is 116 cm³/mol. The first-order chi connectivity index (χ1) is 14.1. The molecule has 0 aliphatic heterocycles. The predicted octanol–water partition coefficient (Wildman–Crippen LogP) is 6.16. The van der Waals surface area contributed by atoms with Crippen LogP contribution in [0.3, 0.4) is 0 Å². The van der Waals surface area contributed by atoms with Crippen molar-refractivity contribution in [1.82, 2.24) is 4.98 Å². The minimum atomic E-state index is -0.732. The summed E-state index contributed by atoms with van der Waals surface area (Å²) in [4.78, 5) is 15.7. The van der Waals surface area contributed by atoms with Crippen molar-refractivity contribution < 1.29 is 14.3 Å². The third kappa shape index (κ3) is 4.57. The van der Waals surface area contributed by atoms with E-state index in [0.717, 1.165) is 26.8 Å². The standard InChI is InChI=1S/C23H14ClNO3S/c1-27-23(26)28-22-13-18-12-15(3-11-21(18)29-22)2-9-20-10-6-17(14-25-20)16-4-7-19(24)8-5-16/h3-8,10-14H,1H3. The number of benzene rings is 2. The van der Waals surface area contributed by atoms with Gasteiger partial charge in [-0.2, -0.15) is 0 Å². The van der Waals surface area contributed by atoms with Crippen molar-refractivity contribution >= 4 is 39.2 Å². The van der Waals surface area contributed by atoms with Crippen molar-refractivity contribution in [3.63, 3.8) is 0 Å². The maximum Gasteiger partial charge on any atom is 0.514 e. The van der Waals surface area contributed by atoms with Gasteiger partial charge in [-0.1, -0.05) is 47.1 Å². The molecule has 4 nitrogen and oxygen atoms in total. The number of methoxy groups -OCH3 is 1. The minimum Gasteiger partial charge on any atom is -0.437 e. The summed E-state index contributed by atoms with van der Waals surface area (Å²) in [6, 6.07) is 19.1. The average molecular weight is 420 g/mol. The Bertz CT molecular complexity index is 1240. The number of thiophene rings is 1. The quantitative estimate of drug-likeness (QED) is 0.288. The van der Waals surface area contributed by atoms with Crippen molar-refractivity contribution in [3.8, 4) is 28.0 Å². The number of halogens is 1. The lowest BCUT2D eigenvalue weighted by atomic mass is 10.1. The number of ether oxygens (including phenoxy) is 2. The number of nitrogens with zero attached hydrogens (tertiary/aromatic N) is 1. The van der Waals surface area contributed by atoms with E-state index in [1.165, 1.54) is 18.4 Å². The Kier molecular flexibility index (Phi) is 5.48. The molecule has 4 rings (SSSR count). The fraction of sp³-hybridized carbons (Fsp3) is 0.0435. The van der Waals surface area contributed by atoms with Crippen molar-refractivity contribution in [3.05, 3.63) is 83.1 Å². The highest BCUT2D eigenvalue weighted by Crippen LogP contribution is 2.32. The zero-order chi connectivity index (χ0) is 20.2. The van der Waals surface area contributed by atoms with E-state index in [1.54, 1.807) is 12.3 Å². The number of rotatable bonds is 2. The third-order valence-corrected chi connectivity index (χ3v) is 5.37. The summed E-state index contributed by atoms with van der Waals surface area (Å²) in [5, 5.41) is 2.14. The summed E-state index contributed by atoms with van der Waals surface area (Å²) in [5.41, 5.74) is 3.59. The number of fused-ring (bicyclic) bond motifs is 1. The summed E-state index contributed by atoms with van der Waals surface area (Å²) in [6.45, 7) is 0. The molecule has 0 bridgehead atoms. The van der Waals surface area contributed by atoms with Crippen LogP contribution in [0, 0.1) is 11.8 Å². The van der Waals surface area contributed by atoms with Gasteiger partial charge in [0.15, 0.2) is 5.06 Å². The molecule has 0 amide bonds. The number of hydrogen-bond acceptors (Lipinski definition) is 5. The van der Waals surface area contributed by atoms with Crippen LogP contribution in [0.25, 0.3) is 21.2 Å². The molecule has 0 aliphatic rings. The lowest BCUT2D eigenvalue weighted by molar-refractivity contribution is 0.123. The van der Waals surface area contributed by atoms with Gasteiger partial charge < -0.3 is 9.47 Å². The minimum absolute atomic E-state index is 0.483. The van der Waals surface area contributed by atoms with E-state index in [2.05, 4.69) is 21.6 Å². The van der Waals surface area contributed by atoms with Crippen LogP contribution in [-0.2, 0) is 4.74 Å². The van der Waals surface area contributed by atoms with Gasteiger partial charge in [0.05, 0.1) is 7.11 Å². The summed E-state index contributed by atoms with van der Waals surface area (Å²) < 4.78 is 10.6. The molecule has 142 valence electrons. The molecular formula is C23H14ClNO3S. The number of pyridine rings is 1. The molecule has 4 aromatic rings. The fourth-order valence-electron chi connectivity index (χ4n) is 2.69. The van der Waals surface area contributed by atoms with Gasteiger partial charge in [-0.3, -0.25) is 0 Å². The molecule has 29 heavy (non-hydrogen) atoms. The Morgan fingerprint density at radius 2 is 1.79 bits per heavy atom. The van der Waals surface area contributed by atoms with Crippen LogP contribution < -0.4 is 4.74 Å². The van der Waals surface area contributed by atoms with Gasteiger partial charge in [0.1, 0.15) is 5.69 Å². The SMILES string of the molecule is COC(=O)Oc1cc2cc(C#Cc3ccc(-c4ccc(Cl)cc4)cn3)ccc2s1. The van der Waals surface area contributed by atoms with Gasteiger partial charge in [0.2, 0.25) is 0 Å². The van der Waals surface area contributed by atoms with Gasteiger partial charge in [0, 0.05) is 33.1 Å². The van der Waals surface area contributed by atoms with Crippen molar-refractivity contribution in [2.75, 3.05) is 7.11 Å². The molecule has 2 aromatic heterocycles. The van der Waals surface area contributed by atoms with E-state index in [9.17, 15) is 4.79 Å². The first-order valence-electron chi connectivity index (χ1n) is 8.64. The third-order valence-electron chi connectivity index (χ3n) is 4.12. The Hall–Kier alpha value is -3.33. The van der Waals surface area contributed by atoms with E-state index in [4.69, 9.17) is 16.3 Å². The highest BCUT2D eigenvalue weighted by atomic mass is 35.5. The zero-order valence-corrected chi connectivity index (χ0v) is 16.9. The second-order valence-corrected chi connectivity index (χ2v) is 7.55. The molecule has 0 N–H and O–H groups in total. The smallest absolute Gasteiger partial charge is 0.437 e. The molecule has 2 heterocycles. The van der Waals surface area contributed by atoms with Crippen LogP contribution in [0.2, 0.25) is 5.02 Å². The monoisotopic (exact) mass is 419 g/mol.